The molecule has 0 spiro atoms. The number of halogens is 1. The van der Waals surface area contributed by atoms with Crippen LogP contribution in [0.4, 0.5) is 0 Å². The molecule has 1 aromatic heterocycles. The van der Waals surface area contributed by atoms with E-state index in [1.807, 2.05) is 18.2 Å². The third-order valence-corrected chi connectivity index (χ3v) is 4.13. The fourth-order valence-corrected chi connectivity index (χ4v) is 2.66. The smallest absolute Gasteiger partial charge is 0.134 e. The van der Waals surface area contributed by atoms with Crippen LogP contribution in [0.25, 0.3) is 10.9 Å². The van der Waals surface area contributed by atoms with Gasteiger partial charge in [-0.1, -0.05) is 36.7 Å². The van der Waals surface area contributed by atoms with Crippen molar-refractivity contribution in [1.82, 2.24) is 9.88 Å². The summed E-state index contributed by atoms with van der Waals surface area (Å²) in [6.07, 6.45) is 2.78. The summed E-state index contributed by atoms with van der Waals surface area (Å²) in [5, 5.41) is 1.82. The SMILES string of the molecule is CCN(Cc1cc2ccccc2nc1Cl)CC1CC1. The minimum absolute atomic E-state index is 0.646. The molecule has 100 valence electrons. The van der Waals surface area contributed by atoms with E-state index in [9.17, 15) is 0 Å². The van der Waals surface area contributed by atoms with Gasteiger partial charge in [-0.05, 0) is 37.4 Å². The first kappa shape index (κ1) is 12.9. The normalized spacial score (nSPS) is 15.3. The lowest BCUT2D eigenvalue weighted by Gasteiger charge is -2.20. The van der Waals surface area contributed by atoms with E-state index in [2.05, 4.69) is 28.9 Å². The summed E-state index contributed by atoms with van der Waals surface area (Å²) in [5.74, 6) is 0.909. The summed E-state index contributed by atoms with van der Waals surface area (Å²) in [7, 11) is 0. The maximum atomic E-state index is 6.32. The van der Waals surface area contributed by atoms with E-state index in [0.29, 0.717) is 5.15 Å². The van der Waals surface area contributed by atoms with Crippen LogP contribution in [0.15, 0.2) is 30.3 Å². The number of hydrogen-bond acceptors (Lipinski definition) is 2. The number of pyridine rings is 1. The van der Waals surface area contributed by atoms with Crippen molar-refractivity contribution in [2.24, 2.45) is 5.92 Å². The van der Waals surface area contributed by atoms with Gasteiger partial charge in [-0.2, -0.15) is 0 Å². The van der Waals surface area contributed by atoms with Gasteiger partial charge in [-0.3, -0.25) is 4.90 Å². The lowest BCUT2D eigenvalue weighted by molar-refractivity contribution is 0.268. The zero-order valence-corrected chi connectivity index (χ0v) is 12.0. The molecule has 0 saturated heterocycles. The predicted molar refractivity (Wildman–Crippen MR) is 80.4 cm³/mol. The van der Waals surface area contributed by atoms with E-state index in [-0.39, 0.29) is 0 Å². The first-order chi connectivity index (χ1) is 9.26. The van der Waals surface area contributed by atoms with E-state index in [1.165, 1.54) is 24.8 Å². The third kappa shape index (κ3) is 3.07. The van der Waals surface area contributed by atoms with Crippen LogP contribution < -0.4 is 0 Å². The summed E-state index contributed by atoms with van der Waals surface area (Å²) in [6, 6.07) is 10.3. The second-order valence-corrected chi connectivity index (χ2v) is 5.76. The molecule has 0 radical (unpaired) electrons. The molecule has 1 fully saturated rings. The first-order valence-electron chi connectivity index (χ1n) is 7.02. The molecule has 1 aliphatic carbocycles. The van der Waals surface area contributed by atoms with Gasteiger partial charge in [-0.25, -0.2) is 4.98 Å². The molecule has 0 unspecified atom stereocenters. The monoisotopic (exact) mass is 274 g/mol. The van der Waals surface area contributed by atoms with Gasteiger partial charge in [0.25, 0.3) is 0 Å². The van der Waals surface area contributed by atoms with Crippen molar-refractivity contribution in [2.75, 3.05) is 13.1 Å². The van der Waals surface area contributed by atoms with Gasteiger partial charge < -0.3 is 0 Å². The molecule has 0 amide bonds. The highest BCUT2D eigenvalue weighted by molar-refractivity contribution is 6.30. The molecule has 1 aromatic carbocycles. The van der Waals surface area contributed by atoms with Crippen molar-refractivity contribution >= 4 is 22.5 Å². The number of hydrogen-bond donors (Lipinski definition) is 0. The Bertz CT molecular complexity index is 578. The van der Waals surface area contributed by atoms with Crippen LogP contribution >= 0.6 is 11.6 Å². The van der Waals surface area contributed by atoms with Crippen LogP contribution in [0.1, 0.15) is 25.3 Å². The predicted octanol–water partition coefficient (Wildman–Crippen LogP) is 4.12. The second kappa shape index (κ2) is 5.48. The summed E-state index contributed by atoms with van der Waals surface area (Å²) in [6.45, 7) is 5.38. The average Bonchev–Trinajstić information content (AvgIpc) is 3.22. The maximum absolute atomic E-state index is 6.32. The van der Waals surface area contributed by atoms with E-state index >= 15 is 0 Å². The summed E-state index contributed by atoms with van der Waals surface area (Å²) in [5.41, 5.74) is 2.12. The zero-order valence-electron chi connectivity index (χ0n) is 11.3. The van der Waals surface area contributed by atoms with Gasteiger partial charge in [0.05, 0.1) is 5.52 Å². The highest BCUT2D eigenvalue weighted by atomic mass is 35.5. The number of fused-ring (bicyclic) bond motifs is 1. The lowest BCUT2D eigenvalue weighted by atomic mass is 10.1. The van der Waals surface area contributed by atoms with Gasteiger partial charge in [0.2, 0.25) is 0 Å². The Morgan fingerprint density at radius 1 is 1.32 bits per heavy atom. The third-order valence-electron chi connectivity index (χ3n) is 3.80. The number of rotatable bonds is 5. The Kier molecular flexibility index (Phi) is 3.72. The molecule has 3 rings (SSSR count). The topological polar surface area (TPSA) is 16.1 Å². The zero-order chi connectivity index (χ0) is 13.2. The van der Waals surface area contributed by atoms with E-state index in [4.69, 9.17) is 11.6 Å². The molecule has 0 aliphatic heterocycles. The Hall–Kier alpha value is -1.12. The molecule has 19 heavy (non-hydrogen) atoms. The lowest BCUT2D eigenvalue weighted by Crippen LogP contribution is -2.25. The Morgan fingerprint density at radius 3 is 2.84 bits per heavy atom. The van der Waals surface area contributed by atoms with Crippen molar-refractivity contribution in [2.45, 2.75) is 26.3 Å². The first-order valence-corrected chi connectivity index (χ1v) is 7.40. The summed E-state index contributed by atoms with van der Waals surface area (Å²) < 4.78 is 0. The van der Waals surface area contributed by atoms with Crippen LogP contribution in [0.3, 0.4) is 0 Å². The molecule has 2 aromatic rings. The molecule has 3 heteroatoms. The summed E-state index contributed by atoms with van der Waals surface area (Å²) in [4.78, 5) is 6.96. The summed E-state index contributed by atoms with van der Waals surface area (Å²) >= 11 is 6.32. The van der Waals surface area contributed by atoms with Gasteiger partial charge in [0.15, 0.2) is 0 Å². The molecule has 0 N–H and O–H groups in total. The van der Waals surface area contributed by atoms with Crippen molar-refractivity contribution in [3.8, 4) is 0 Å². The van der Waals surface area contributed by atoms with Gasteiger partial charge in [0, 0.05) is 24.0 Å². The largest absolute Gasteiger partial charge is 0.299 e. The number of para-hydroxylation sites is 1. The van der Waals surface area contributed by atoms with Crippen LogP contribution in [-0.2, 0) is 6.54 Å². The van der Waals surface area contributed by atoms with Crippen molar-refractivity contribution < 1.29 is 0 Å². The minimum Gasteiger partial charge on any atom is -0.299 e. The van der Waals surface area contributed by atoms with Crippen LogP contribution in [0.2, 0.25) is 5.15 Å². The average molecular weight is 275 g/mol. The van der Waals surface area contributed by atoms with Gasteiger partial charge >= 0.3 is 0 Å². The molecule has 0 bridgehead atoms. The van der Waals surface area contributed by atoms with Crippen molar-refractivity contribution in [3.05, 3.63) is 41.0 Å². The van der Waals surface area contributed by atoms with Crippen molar-refractivity contribution in [1.29, 1.82) is 0 Å². The number of benzene rings is 1. The molecule has 0 atom stereocenters. The van der Waals surface area contributed by atoms with E-state index < -0.39 is 0 Å². The minimum atomic E-state index is 0.646. The standard InChI is InChI=1S/C16H19ClN2/c1-2-19(10-12-7-8-12)11-14-9-13-5-3-4-6-15(13)18-16(14)17/h3-6,9,12H,2,7-8,10-11H2,1H3. The molecular weight excluding hydrogens is 256 g/mol. The Labute approximate surface area is 119 Å². The fraction of sp³-hybridized carbons (Fsp3) is 0.438. The molecule has 1 aliphatic rings. The Morgan fingerprint density at radius 2 is 2.11 bits per heavy atom. The highest BCUT2D eigenvalue weighted by Gasteiger charge is 2.24. The highest BCUT2D eigenvalue weighted by Crippen LogP contribution is 2.30. The fourth-order valence-electron chi connectivity index (χ4n) is 2.46. The maximum Gasteiger partial charge on any atom is 0.134 e. The molecule has 1 heterocycles. The molecular formula is C16H19ClN2. The van der Waals surface area contributed by atoms with E-state index in [0.717, 1.165) is 30.1 Å². The Balaban J connectivity index is 1.84. The van der Waals surface area contributed by atoms with Crippen molar-refractivity contribution in [3.63, 3.8) is 0 Å². The van der Waals surface area contributed by atoms with Crippen LogP contribution in [0.5, 0.6) is 0 Å². The molecule has 1 saturated carbocycles. The number of nitrogens with zero attached hydrogens (tertiary/aromatic N) is 2. The van der Waals surface area contributed by atoms with Gasteiger partial charge in [-0.15, -0.1) is 0 Å². The molecule has 2 nitrogen and oxygen atoms in total. The van der Waals surface area contributed by atoms with Gasteiger partial charge in [0.1, 0.15) is 5.15 Å². The van der Waals surface area contributed by atoms with Crippen LogP contribution in [0, 0.1) is 5.92 Å². The number of aromatic nitrogens is 1. The second-order valence-electron chi connectivity index (χ2n) is 5.40. The quantitative estimate of drug-likeness (QED) is 0.763. The van der Waals surface area contributed by atoms with E-state index in [1.54, 1.807) is 0 Å². The van der Waals surface area contributed by atoms with Crippen LogP contribution in [-0.4, -0.2) is 23.0 Å².